The summed E-state index contributed by atoms with van der Waals surface area (Å²) >= 11 is 0. The molecule has 0 unspecified atom stereocenters. The number of morpholine rings is 1. The van der Waals surface area contributed by atoms with Crippen molar-refractivity contribution in [3.63, 3.8) is 0 Å². The summed E-state index contributed by atoms with van der Waals surface area (Å²) in [6, 6.07) is 9.14. The molecule has 1 saturated carbocycles. The topological polar surface area (TPSA) is 117 Å². The van der Waals surface area contributed by atoms with Gasteiger partial charge in [0.2, 0.25) is 0 Å². The quantitative estimate of drug-likeness (QED) is 0.181. The number of nitrogens with zero attached hydrogens (tertiary/aromatic N) is 4. The number of hydrogen-bond donors (Lipinski definition) is 2. The summed E-state index contributed by atoms with van der Waals surface area (Å²) in [5, 5.41) is 19.0. The summed E-state index contributed by atoms with van der Waals surface area (Å²) in [5.74, 6) is -1.09. The van der Waals surface area contributed by atoms with E-state index in [9.17, 15) is 22.7 Å². The number of phenolic OH excluding ortho intramolecular Hbond substituents is 1. The summed E-state index contributed by atoms with van der Waals surface area (Å²) < 4.78 is 80.7. The minimum atomic E-state index is -5.08. The first-order chi connectivity index (χ1) is 24.4. The van der Waals surface area contributed by atoms with Crippen molar-refractivity contribution in [2.24, 2.45) is 5.41 Å². The number of rotatable bonds is 7. The summed E-state index contributed by atoms with van der Waals surface area (Å²) in [7, 11) is 0. The van der Waals surface area contributed by atoms with Crippen molar-refractivity contribution in [3.05, 3.63) is 53.6 Å². The number of ether oxygens (including phenoxy) is 3. The molecule has 3 aliphatic rings. The molecule has 2 aliphatic heterocycles. The number of carboxylic acid groups (broad SMARTS) is 1. The molecular weight excluding hydrogens is 679 g/mol. The van der Waals surface area contributed by atoms with E-state index in [-0.39, 0.29) is 39.4 Å². The lowest BCUT2D eigenvalue weighted by Gasteiger charge is -2.30. The van der Waals surface area contributed by atoms with Gasteiger partial charge in [-0.05, 0) is 54.5 Å². The molecule has 7 rings (SSSR count). The van der Waals surface area contributed by atoms with Crippen LogP contribution in [0.15, 0.2) is 36.4 Å². The zero-order valence-corrected chi connectivity index (χ0v) is 27.4. The fraction of sp³-hybridized carbons (Fsp3) is 0.417. The molecule has 0 amide bonds. The second-order valence-electron chi connectivity index (χ2n) is 12.7. The second-order valence-corrected chi connectivity index (χ2v) is 12.7. The highest BCUT2D eigenvalue weighted by Crippen LogP contribution is 2.47. The molecule has 51 heavy (non-hydrogen) atoms. The third-order valence-electron chi connectivity index (χ3n) is 9.14. The van der Waals surface area contributed by atoms with Crippen molar-refractivity contribution in [3.8, 4) is 35.2 Å². The van der Waals surface area contributed by atoms with Crippen molar-refractivity contribution in [1.29, 1.82) is 0 Å². The third kappa shape index (κ3) is 8.08. The number of anilines is 1. The third-order valence-corrected chi connectivity index (χ3v) is 9.14. The van der Waals surface area contributed by atoms with Gasteiger partial charge in [0, 0.05) is 61.1 Å². The van der Waals surface area contributed by atoms with E-state index in [1.807, 2.05) is 0 Å². The Morgan fingerprint density at radius 2 is 1.69 bits per heavy atom. The Morgan fingerprint density at radius 3 is 2.37 bits per heavy atom. The number of aromatic hydroxyl groups is 1. The number of carboxylic acids is 1. The molecule has 3 heterocycles. The van der Waals surface area contributed by atoms with E-state index < -0.39 is 23.8 Å². The van der Waals surface area contributed by atoms with E-state index in [2.05, 4.69) is 20.7 Å². The summed E-state index contributed by atoms with van der Waals surface area (Å²) in [6.07, 6.45) is 3.51. The predicted molar refractivity (Wildman–Crippen MR) is 178 cm³/mol. The number of hydrogen-bond acceptors (Lipinski definition) is 9. The Morgan fingerprint density at radius 1 is 0.980 bits per heavy atom. The maximum Gasteiger partial charge on any atom is 0.490 e. The van der Waals surface area contributed by atoms with Crippen LogP contribution in [0.4, 0.5) is 27.8 Å². The minimum Gasteiger partial charge on any atom is -0.508 e. The van der Waals surface area contributed by atoms with Gasteiger partial charge in [-0.3, -0.25) is 4.90 Å². The lowest BCUT2D eigenvalue weighted by Crippen LogP contribution is -2.41. The van der Waals surface area contributed by atoms with E-state index in [1.165, 1.54) is 24.3 Å². The number of phenols is 1. The molecule has 0 spiro atoms. The molecule has 0 radical (unpaired) electrons. The van der Waals surface area contributed by atoms with Gasteiger partial charge in [0.25, 0.3) is 0 Å². The van der Waals surface area contributed by atoms with Crippen LogP contribution in [0.5, 0.6) is 11.8 Å². The monoisotopic (exact) mass is 714 g/mol. The van der Waals surface area contributed by atoms with E-state index >= 15 is 4.39 Å². The van der Waals surface area contributed by atoms with Crippen LogP contribution in [-0.2, 0) is 14.3 Å². The Balaban J connectivity index is 0.000000582. The molecular formula is C36H35F5N4O6. The zero-order chi connectivity index (χ0) is 36.3. The van der Waals surface area contributed by atoms with Crippen LogP contribution < -0.4 is 9.64 Å². The molecule has 4 aromatic rings. The van der Waals surface area contributed by atoms with Crippen molar-refractivity contribution >= 4 is 33.5 Å². The number of aromatic nitrogens is 2. The fourth-order valence-electron chi connectivity index (χ4n) is 6.35. The first-order valence-corrected chi connectivity index (χ1v) is 16.4. The van der Waals surface area contributed by atoms with Gasteiger partial charge in [-0.2, -0.15) is 23.1 Å². The molecule has 270 valence electrons. The highest BCUT2D eigenvalue weighted by Gasteiger charge is 2.45. The average molecular weight is 715 g/mol. The average Bonchev–Trinajstić information content (AvgIpc) is 3.92. The molecule has 0 bridgehead atoms. The number of aliphatic carboxylic acids is 1. The van der Waals surface area contributed by atoms with Crippen LogP contribution in [0.2, 0.25) is 0 Å². The molecule has 15 heteroatoms. The van der Waals surface area contributed by atoms with Gasteiger partial charge in [-0.25, -0.2) is 13.6 Å². The van der Waals surface area contributed by atoms with Crippen LogP contribution in [0.25, 0.3) is 32.8 Å². The smallest absolute Gasteiger partial charge is 0.490 e. The Labute approximate surface area is 289 Å². The highest BCUT2D eigenvalue weighted by molar-refractivity contribution is 6.04. The maximum atomic E-state index is 16.7. The maximum absolute atomic E-state index is 16.7. The van der Waals surface area contributed by atoms with Gasteiger partial charge in [-0.1, -0.05) is 18.1 Å². The Kier molecular flexibility index (Phi) is 10.5. The SMILES string of the molecule is C#Cc1c(F)ccc2cc(O)cc(-c3ccc4c(N5CCCOCC5)nc(OCC5(CN6CCOCC6)CC5)nc4c3F)c12.O=C(O)C(F)(F)F. The van der Waals surface area contributed by atoms with Crippen molar-refractivity contribution in [2.75, 3.05) is 70.7 Å². The molecule has 2 N–H and O–H groups in total. The van der Waals surface area contributed by atoms with Crippen molar-refractivity contribution in [1.82, 2.24) is 14.9 Å². The molecule has 0 atom stereocenters. The lowest BCUT2D eigenvalue weighted by atomic mass is 9.93. The van der Waals surface area contributed by atoms with Gasteiger partial charge in [-0.15, -0.1) is 6.42 Å². The lowest BCUT2D eigenvalue weighted by molar-refractivity contribution is -0.192. The molecule has 2 saturated heterocycles. The van der Waals surface area contributed by atoms with Gasteiger partial charge < -0.3 is 29.3 Å². The first kappa shape index (κ1) is 36.0. The first-order valence-electron chi connectivity index (χ1n) is 16.4. The molecule has 1 aliphatic carbocycles. The number of fused-ring (bicyclic) bond motifs is 2. The van der Waals surface area contributed by atoms with Gasteiger partial charge in [0.1, 0.15) is 22.9 Å². The van der Waals surface area contributed by atoms with E-state index in [0.717, 1.165) is 52.1 Å². The van der Waals surface area contributed by atoms with Crippen molar-refractivity contribution in [2.45, 2.75) is 25.4 Å². The van der Waals surface area contributed by atoms with Crippen LogP contribution in [0.3, 0.4) is 0 Å². The summed E-state index contributed by atoms with van der Waals surface area (Å²) in [4.78, 5) is 22.8. The zero-order valence-electron chi connectivity index (χ0n) is 27.4. The van der Waals surface area contributed by atoms with E-state index in [4.69, 9.17) is 35.5 Å². The van der Waals surface area contributed by atoms with Crippen LogP contribution >= 0.6 is 0 Å². The van der Waals surface area contributed by atoms with Gasteiger partial charge >= 0.3 is 18.2 Å². The predicted octanol–water partition coefficient (Wildman–Crippen LogP) is 5.77. The Hall–Kier alpha value is -4.78. The number of benzene rings is 3. The minimum absolute atomic E-state index is 0.00367. The van der Waals surface area contributed by atoms with E-state index in [0.29, 0.717) is 54.9 Å². The molecule has 10 nitrogen and oxygen atoms in total. The van der Waals surface area contributed by atoms with Gasteiger partial charge in [0.05, 0.1) is 32.0 Å². The fourth-order valence-corrected chi connectivity index (χ4v) is 6.35. The van der Waals surface area contributed by atoms with Crippen molar-refractivity contribution < 1.29 is 51.2 Å². The standard InChI is InChI=1S/C34H34F2N4O4.C2HF3O2/c1-2-24-28(35)7-4-22-18-23(41)19-27(29(22)24)25-5-6-26-31(30(25)36)37-33(38-32(26)40-10-3-14-42-17-13-40)44-21-34(8-9-34)20-39-11-15-43-16-12-39;3-2(4,5)1(6)7/h1,4-7,18-19,41H,3,8-17,20-21H2;(H,6,7). The molecule has 1 aromatic heterocycles. The normalized spacial score (nSPS) is 17.7. The highest BCUT2D eigenvalue weighted by atomic mass is 19.4. The number of alkyl halides is 3. The number of halogens is 5. The second kappa shape index (κ2) is 14.8. The number of terminal acetylenes is 1. The van der Waals surface area contributed by atoms with E-state index in [1.54, 1.807) is 12.1 Å². The largest absolute Gasteiger partial charge is 0.508 e. The molecule has 3 fully saturated rings. The number of carbonyl (C=O) groups is 1. The molecule has 3 aromatic carbocycles. The summed E-state index contributed by atoms with van der Waals surface area (Å²) in [6.45, 7) is 7.08. The van der Waals surface area contributed by atoms with Crippen LogP contribution in [0.1, 0.15) is 24.8 Å². The summed E-state index contributed by atoms with van der Waals surface area (Å²) in [5.41, 5.74) is 0.522. The van der Waals surface area contributed by atoms with Gasteiger partial charge in [0.15, 0.2) is 5.82 Å². The van der Waals surface area contributed by atoms with Crippen LogP contribution in [-0.4, -0.2) is 103 Å². The van der Waals surface area contributed by atoms with Crippen LogP contribution in [0, 0.1) is 29.4 Å². The Bertz CT molecular complexity index is 1970.